The Bertz CT molecular complexity index is 306. The zero-order valence-corrected chi connectivity index (χ0v) is 9.31. The van der Waals surface area contributed by atoms with Crippen molar-refractivity contribution in [2.24, 2.45) is 5.92 Å². The second-order valence-corrected chi connectivity index (χ2v) is 3.69. The first kappa shape index (κ1) is 11.9. The van der Waals surface area contributed by atoms with Crippen molar-refractivity contribution in [3.05, 3.63) is 35.9 Å². The molecule has 0 aromatic heterocycles. The molecule has 82 valence electrons. The number of aliphatic hydroxyl groups is 1. The highest BCUT2D eigenvalue weighted by Gasteiger charge is 2.24. The van der Waals surface area contributed by atoms with Gasteiger partial charge in [0.05, 0.1) is 6.10 Å². The molecule has 2 unspecified atom stereocenters. The van der Waals surface area contributed by atoms with Gasteiger partial charge >= 0.3 is 0 Å². The molecule has 0 aliphatic heterocycles. The quantitative estimate of drug-likeness (QED) is 0.804. The van der Waals surface area contributed by atoms with Gasteiger partial charge in [-0.3, -0.25) is 4.79 Å². The van der Waals surface area contributed by atoms with Crippen molar-refractivity contribution in [2.45, 2.75) is 32.8 Å². The Morgan fingerprint density at radius 3 is 2.33 bits per heavy atom. The SMILES string of the molecule is CCC(=O)C(CC)C(O)c1ccccc1. The lowest BCUT2D eigenvalue weighted by molar-refractivity contribution is -0.126. The molecule has 2 atom stereocenters. The summed E-state index contributed by atoms with van der Waals surface area (Å²) >= 11 is 0. The minimum atomic E-state index is -0.663. The van der Waals surface area contributed by atoms with Crippen LogP contribution in [0.4, 0.5) is 0 Å². The fraction of sp³-hybridized carbons (Fsp3) is 0.462. The van der Waals surface area contributed by atoms with Crippen LogP contribution in [0.15, 0.2) is 30.3 Å². The molecule has 0 fully saturated rings. The van der Waals surface area contributed by atoms with Gasteiger partial charge in [0, 0.05) is 12.3 Å². The molecule has 2 heteroatoms. The van der Waals surface area contributed by atoms with Crippen LogP contribution in [0.25, 0.3) is 0 Å². The van der Waals surface area contributed by atoms with Gasteiger partial charge in [0.15, 0.2) is 0 Å². The maximum Gasteiger partial charge on any atom is 0.138 e. The van der Waals surface area contributed by atoms with E-state index in [1.807, 2.05) is 44.2 Å². The predicted molar refractivity (Wildman–Crippen MR) is 60.5 cm³/mol. The molecule has 1 aromatic carbocycles. The van der Waals surface area contributed by atoms with Gasteiger partial charge in [0.2, 0.25) is 0 Å². The third-order valence-corrected chi connectivity index (χ3v) is 2.72. The van der Waals surface area contributed by atoms with E-state index in [2.05, 4.69) is 0 Å². The molecule has 1 aromatic rings. The summed E-state index contributed by atoms with van der Waals surface area (Å²) in [5.41, 5.74) is 0.825. The maximum absolute atomic E-state index is 11.6. The van der Waals surface area contributed by atoms with Crippen LogP contribution in [0.1, 0.15) is 38.4 Å². The van der Waals surface area contributed by atoms with Crippen molar-refractivity contribution < 1.29 is 9.90 Å². The molecular formula is C13H18O2. The molecule has 1 N–H and O–H groups in total. The summed E-state index contributed by atoms with van der Waals surface area (Å²) in [7, 11) is 0. The topological polar surface area (TPSA) is 37.3 Å². The summed E-state index contributed by atoms with van der Waals surface area (Å²) in [6.45, 7) is 3.77. The van der Waals surface area contributed by atoms with Crippen LogP contribution in [-0.4, -0.2) is 10.9 Å². The Kier molecular flexibility index (Phi) is 4.50. The van der Waals surface area contributed by atoms with E-state index in [4.69, 9.17) is 0 Å². The number of ketones is 1. The molecule has 0 saturated carbocycles. The third kappa shape index (κ3) is 2.90. The van der Waals surface area contributed by atoms with Crippen molar-refractivity contribution in [3.8, 4) is 0 Å². The molecule has 0 heterocycles. The molecule has 1 rings (SSSR count). The van der Waals surface area contributed by atoms with Crippen molar-refractivity contribution in [3.63, 3.8) is 0 Å². The minimum absolute atomic E-state index is 0.133. The average molecular weight is 206 g/mol. The first-order valence-electron chi connectivity index (χ1n) is 5.46. The zero-order valence-electron chi connectivity index (χ0n) is 9.31. The molecule has 0 bridgehead atoms. The number of hydrogen-bond acceptors (Lipinski definition) is 2. The second kappa shape index (κ2) is 5.66. The first-order chi connectivity index (χ1) is 7.20. The van der Waals surface area contributed by atoms with Crippen LogP contribution in [0, 0.1) is 5.92 Å². The summed E-state index contributed by atoms with van der Waals surface area (Å²) < 4.78 is 0. The standard InChI is InChI=1S/C13H18O2/c1-3-11(12(14)4-2)13(15)10-8-6-5-7-9-10/h5-9,11,13,15H,3-4H2,1-2H3. The van der Waals surface area contributed by atoms with Crippen molar-refractivity contribution in [1.82, 2.24) is 0 Å². The molecule has 0 saturated heterocycles. The van der Waals surface area contributed by atoms with Crippen molar-refractivity contribution >= 4 is 5.78 Å². The van der Waals surface area contributed by atoms with E-state index in [0.717, 1.165) is 5.56 Å². The number of carbonyl (C=O) groups excluding carboxylic acids is 1. The fourth-order valence-electron chi connectivity index (χ4n) is 1.77. The van der Waals surface area contributed by atoms with Crippen LogP contribution in [-0.2, 0) is 4.79 Å². The van der Waals surface area contributed by atoms with Crippen LogP contribution in [0.3, 0.4) is 0 Å². The zero-order chi connectivity index (χ0) is 11.3. The van der Waals surface area contributed by atoms with E-state index in [1.165, 1.54) is 0 Å². The van der Waals surface area contributed by atoms with Crippen molar-refractivity contribution in [1.29, 1.82) is 0 Å². The fourth-order valence-corrected chi connectivity index (χ4v) is 1.77. The Hall–Kier alpha value is -1.15. The Morgan fingerprint density at radius 2 is 1.87 bits per heavy atom. The van der Waals surface area contributed by atoms with Gasteiger partial charge in [-0.05, 0) is 12.0 Å². The van der Waals surface area contributed by atoms with Gasteiger partial charge < -0.3 is 5.11 Å². The Morgan fingerprint density at radius 1 is 1.27 bits per heavy atom. The minimum Gasteiger partial charge on any atom is -0.388 e. The lowest BCUT2D eigenvalue weighted by Gasteiger charge is -2.20. The van der Waals surface area contributed by atoms with Gasteiger partial charge in [-0.2, -0.15) is 0 Å². The molecule has 15 heavy (non-hydrogen) atoms. The summed E-state index contributed by atoms with van der Waals surface area (Å²) in [4.78, 5) is 11.6. The van der Waals surface area contributed by atoms with Crippen LogP contribution in [0.5, 0.6) is 0 Å². The van der Waals surface area contributed by atoms with Gasteiger partial charge in [-0.25, -0.2) is 0 Å². The molecule has 0 aliphatic rings. The van der Waals surface area contributed by atoms with Gasteiger partial charge in [-0.15, -0.1) is 0 Å². The third-order valence-electron chi connectivity index (χ3n) is 2.72. The normalized spacial score (nSPS) is 14.6. The highest BCUT2D eigenvalue weighted by atomic mass is 16.3. The van der Waals surface area contributed by atoms with Gasteiger partial charge in [-0.1, -0.05) is 44.2 Å². The number of aliphatic hydroxyl groups excluding tert-OH is 1. The largest absolute Gasteiger partial charge is 0.388 e. The van der Waals surface area contributed by atoms with E-state index in [1.54, 1.807) is 0 Å². The average Bonchev–Trinajstić information content (AvgIpc) is 2.30. The summed E-state index contributed by atoms with van der Waals surface area (Å²) in [5, 5.41) is 10.1. The Labute approximate surface area is 90.9 Å². The second-order valence-electron chi connectivity index (χ2n) is 3.69. The first-order valence-corrected chi connectivity index (χ1v) is 5.46. The van der Waals surface area contributed by atoms with E-state index < -0.39 is 6.10 Å². The smallest absolute Gasteiger partial charge is 0.138 e. The predicted octanol–water partition coefficient (Wildman–Crippen LogP) is 2.73. The summed E-state index contributed by atoms with van der Waals surface area (Å²) in [6.07, 6.45) is 0.508. The maximum atomic E-state index is 11.6. The highest BCUT2D eigenvalue weighted by Crippen LogP contribution is 2.25. The molecule has 0 amide bonds. The lowest BCUT2D eigenvalue weighted by Crippen LogP contribution is -2.21. The number of rotatable bonds is 5. The van der Waals surface area contributed by atoms with Gasteiger partial charge in [0.25, 0.3) is 0 Å². The van der Waals surface area contributed by atoms with Gasteiger partial charge in [0.1, 0.15) is 5.78 Å². The summed E-state index contributed by atoms with van der Waals surface area (Å²) in [6, 6.07) is 9.37. The number of benzene rings is 1. The Balaban J connectivity index is 2.82. The number of carbonyl (C=O) groups is 1. The van der Waals surface area contributed by atoms with E-state index in [9.17, 15) is 9.90 Å². The van der Waals surface area contributed by atoms with Crippen LogP contribution < -0.4 is 0 Å². The molecular weight excluding hydrogens is 188 g/mol. The summed E-state index contributed by atoms with van der Waals surface area (Å²) in [5.74, 6) is -0.133. The molecule has 0 aliphatic carbocycles. The van der Waals surface area contributed by atoms with Crippen LogP contribution >= 0.6 is 0 Å². The van der Waals surface area contributed by atoms with Crippen LogP contribution in [0.2, 0.25) is 0 Å². The molecule has 0 spiro atoms. The number of hydrogen-bond donors (Lipinski definition) is 1. The van der Waals surface area contributed by atoms with E-state index >= 15 is 0 Å². The highest BCUT2D eigenvalue weighted by molar-refractivity contribution is 5.81. The monoisotopic (exact) mass is 206 g/mol. The lowest BCUT2D eigenvalue weighted by atomic mass is 9.89. The number of Topliss-reactive ketones (excluding diaryl/α,β-unsaturated/α-hetero) is 1. The van der Waals surface area contributed by atoms with E-state index in [-0.39, 0.29) is 11.7 Å². The van der Waals surface area contributed by atoms with E-state index in [0.29, 0.717) is 12.8 Å². The molecule has 2 nitrogen and oxygen atoms in total. The van der Waals surface area contributed by atoms with Crippen molar-refractivity contribution in [2.75, 3.05) is 0 Å². The molecule has 0 radical (unpaired) electrons.